The Bertz CT molecular complexity index is 630. The Hall–Kier alpha value is -0.160. The van der Waals surface area contributed by atoms with Crippen molar-refractivity contribution in [2.75, 3.05) is 0 Å². The van der Waals surface area contributed by atoms with E-state index < -0.39 is 11.4 Å². The van der Waals surface area contributed by atoms with Crippen LogP contribution in [0.15, 0.2) is 0 Å². The SMILES string of the molecule is CC1(C)O[C@H]2[C@H](O1)[C@H]1C[C@@H](O)CC[C@]1(C)[C@H]1CC[C@@]3(C)[C@@H](CC[C@]3(C)O)[C@H]21. The smallest absolute Gasteiger partial charge is 0.163 e. The van der Waals surface area contributed by atoms with Gasteiger partial charge in [-0.2, -0.15) is 0 Å². The number of hydrogen-bond acceptors (Lipinski definition) is 4. The normalized spacial score (nSPS) is 61.7. The summed E-state index contributed by atoms with van der Waals surface area (Å²) in [5, 5.41) is 21.6. The number of rotatable bonds is 0. The first-order valence-corrected chi connectivity index (χ1v) is 11.2. The van der Waals surface area contributed by atoms with Gasteiger partial charge in [-0.25, -0.2) is 0 Å². The molecule has 10 atom stereocenters. The van der Waals surface area contributed by atoms with Crippen LogP contribution < -0.4 is 0 Å². The number of hydrogen-bond donors (Lipinski definition) is 2. The van der Waals surface area contributed by atoms with Crippen molar-refractivity contribution in [3.8, 4) is 0 Å². The van der Waals surface area contributed by atoms with Gasteiger partial charge in [0, 0.05) is 0 Å². The van der Waals surface area contributed by atoms with Gasteiger partial charge in [-0.3, -0.25) is 0 Å². The van der Waals surface area contributed by atoms with Gasteiger partial charge in [0.15, 0.2) is 5.79 Å². The molecule has 5 rings (SSSR count). The summed E-state index contributed by atoms with van der Waals surface area (Å²) in [6.07, 6.45) is 7.11. The molecule has 1 heterocycles. The van der Waals surface area contributed by atoms with Crippen LogP contribution in [-0.4, -0.2) is 39.9 Å². The average Bonchev–Trinajstić information content (AvgIpc) is 3.02. The number of fused-ring (bicyclic) bond motifs is 8. The van der Waals surface area contributed by atoms with Gasteiger partial charge >= 0.3 is 0 Å². The molecule has 0 aromatic rings. The molecule has 0 amide bonds. The molecule has 5 aliphatic rings. The van der Waals surface area contributed by atoms with Crippen LogP contribution in [0.1, 0.15) is 79.6 Å². The third-order valence-corrected chi connectivity index (χ3v) is 10.1. The summed E-state index contributed by atoms with van der Waals surface area (Å²) in [5.41, 5.74) is -0.384. The fourth-order valence-corrected chi connectivity index (χ4v) is 8.41. The Kier molecular flexibility index (Phi) is 3.84. The molecule has 4 heteroatoms. The van der Waals surface area contributed by atoms with Crippen LogP contribution in [0.25, 0.3) is 0 Å². The van der Waals surface area contributed by atoms with Gasteiger partial charge in [-0.05, 0) is 100 Å². The molecule has 154 valence electrons. The monoisotopic (exact) mass is 378 g/mol. The standard InChI is InChI=1S/C23H38O4/c1-20(2)26-18-16-12-13(24)6-9-21(16,3)14-7-10-22(4)15(8-11-23(22,5)25)17(14)19(18)27-20/h13-19,24-25H,6-12H2,1-5H3/t13-,14-,15-,16+,17+,18+,19+,21+,22-,23-/m0/s1. The van der Waals surface area contributed by atoms with Crippen molar-refractivity contribution in [2.24, 2.45) is 34.5 Å². The van der Waals surface area contributed by atoms with Crippen LogP contribution in [0.3, 0.4) is 0 Å². The number of aliphatic hydroxyl groups excluding tert-OH is 1. The molecule has 27 heavy (non-hydrogen) atoms. The van der Waals surface area contributed by atoms with E-state index in [0.29, 0.717) is 23.7 Å². The van der Waals surface area contributed by atoms with E-state index in [1.165, 1.54) is 6.42 Å². The summed E-state index contributed by atoms with van der Waals surface area (Å²) in [7, 11) is 0. The summed E-state index contributed by atoms with van der Waals surface area (Å²) in [6.45, 7) is 11.0. The zero-order chi connectivity index (χ0) is 19.4. The van der Waals surface area contributed by atoms with Crippen LogP contribution in [0.4, 0.5) is 0 Å². The summed E-state index contributed by atoms with van der Waals surface area (Å²) in [6, 6.07) is 0. The Balaban J connectivity index is 1.59. The van der Waals surface area contributed by atoms with Crippen LogP contribution in [-0.2, 0) is 9.47 Å². The summed E-state index contributed by atoms with van der Waals surface area (Å²) >= 11 is 0. The second-order valence-electron chi connectivity index (χ2n) is 11.7. The van der Waals surface area contributed by atoms with E-state index in [9.17, 15) is 10.2 Å². The Morgan fingerprint density at radius 3 is 2.19 bits per heavy atom. The molecule has 0 unspecified atom stereocenters. The van der Waals surface area contributed by atoms with Crippen LogP contribution in [0.5, 0.6) is 0 Å². The second kappa shape index (κ2) is 5.50. The van der Waals surface area contributed by atoms with E-state index in [-0.39, 0.29) is 29.1 Å². The third kappa shape index (κ3) is 2.36. The summed E-state index contributed by atoms with van der Waals surface area (Å²) in [4.78, 5) is 0. The second-order valence-corrected chi connectivity index (χ2v) is 11.7. The molecular weight excluding hydrogens is 340 g/mol. The van der Waals surface area contributed by atoms with Crippen molar-refractivity contribution in [2.45, 2.75) is 109 Å². The quantitative estimate of drug-likeness (QED) is 0.672. The predicted molar refractivity (Wildman–Crippen MR) is 103 cm³/mol. The lowest BCUT2D eigenvalue weighted by molar-refractivity contribution is -0.202. The topological polar surface area (TPSA) is 58.9 Å². The molecular formula is C23H38O4. The Morgan fingerprint density at radius 1 is 0.778 bits per heavy atom. The van der Waals surface area contributed by atoms with Gasteiger partial charge < -0.3 is 19.7 Å². The van der Waals surface area contributed by atoms with Crippen molar-refractivity contribution in [3.63, 3.8) is 0 Å². The minimum absolute atomic E-state index is 0.0216. The van der Waals surface area contributed by atoms with Gasteiger partial charge in [0.1, 0.15) is 0 Å². The first kappa shape index (κ1) is 18.8. The lowest BCUT2D eigenvalue weighted by Crippen LogP contribution is -2.64. The van der Waals surface area contributed by atoms with Gasteiger partial charge in [-0.1, -0.05) is 13.8 Å². The molecule has 0 bridgehead atoms. The molecule has 0 radical (unpaired) electrons. The number of aliphatic hydroxyl groups is 2. The lowest BCUT2D eigenvalue weighted by Gasteiger charge is -2.63. The van der Waals surface area contributed by atoms with Gasteiger partial charge in [0.2, 0.25) is 0 Å². The molecule has 0 spiro atoms. The van der Waals surface area contributed by atoms with E-state index in [1.807, 2.05) is 13.8 Å². The van der Waals surface area contributed by atoms with Crippen molar-refractivity contribution >= 4 is 0 Å². The van der Waals surface area contributed by atoms with Crippen LogP contribution in [0, 0.1) is 34.5 Å². The van der Waals surface area contributed by atoms with Crippen LogP contribution >= 0.6 is 0 Å². The van der Waals surface area contributed by atoms with E-state index in [1.54, 1.807) is 0 Å². The molecule has 1 saturated heterocycles. The van der Waals surface area contributed by atoms with E-state index in [4.69, 9.17) is 9.47 Å². The zero-order valence-electron chi connectivity index (χ0n) is 17.7. The molecule has 4 aliphatic carbocycles. The van der Waals surface area contributed by atoms with E-state index in [2.05, 4.69) is 20.8 Å². The molecule has 0 aromatic heterocycles. The van der Waals surface area contributed by atoms with Crippen molar-refractivity contribution < 1.29 is 19.7 Å². The minimum atomic E-state index is -0.576. The fraction of sp³-hybridized carbons (Fsp3) is 1.00. The molecule has 0 aromatic carbocycles. The lowest BCUT2D eigenvalue weighted by atomic mass is 9.43. The Morgan fingerprint density at radius 2 is 1.44 bits per heavy atom. The highest BCUT2D eigenvalue weighted by molar-refractivity contribution is 5.17. The summed E-state index contributed by atoms with van der Waals surface area (Å²) < 4.78 is 13.1. The largest absolute Gasteiger partial charge is 0.393 e. The first-order valence-electron chi connectivity index (χ1n) is 11.2. The van der Waals surface area contributed by atoms with E-state index in [0.717, 1.165) is 38.5 Å². The molecule has 5 fully saturated rings. The first-order chi connectivity index (χ1) is 12.5. The summed E-state index contributed by atoms with van der Waals surface area (Å²) in [5.74, 6) is 1.39. The zero-order valence-corrected chi connectivity index (χ0v) is 17.7. The van der Waals surface area contributed by atoms with E-state index >= 15 is 0 Å². The Labute approximate surface area is 164 Å². The van der Waals surface area contributed by atoms with Crippen LogP contribution in [0.2, 0.25) is 0 Å². The predicted octanol–water partition coefficient (Wildman–Crippen LogP) is 3.88. The van der Waals surface area contributed by atoms with Gasteiger partial charge in [-0.15, -0.1) is 0 Å². The van der Waals surface area contributed by atoms with Crippen molar-refractivity contribution in [3.05, 3.63) is 0 Å². The molecule has 4 nitrogen and oxygen atoms in total. The maximum atomic E-state index is 11.2. The fourth-order valence-electron chi connectivity index (χ4n) is 8.41. The molecule has 2 N–H and O–H groups in total. The molecule has 1 aliphatic heterocycles. The number of ether oxygens (including phenoxy) is 2. The highest BCUT2D eigenvalue weighted by Crippen LogP contribution is 2.70. The maximum Gasteiger partial charge on any atom is 0.163 e. The third-order valence-electron chi connectivity index (χ3n) is 10.1. The average molecular weight is 379 g/mol. The molecule has 4 saturated carbocycles. The van der Waals surface area contributed by atoms with Crippen molar-refractivity contribution in [1.82, 2.24) is 0 Å². The van der Waals surface area contributed by atoms with Gasteiger partial charge in [0.25, 0.3) is 0 Å². The van der Waals surface area contributed by atoms with Crippen molar-refractivity contribution in [1.29, 1.82) is 0 Å². The minimum Gasteiger partial charge on any atom is -0.393 e. The highest BCUT2D eigenvalue weighted by atomic mass is 16.8. The van der Waals surface area contributed by atoms with Gasteiger partial charge in [0.05, 0.1) is 23.9 Å². The highest BCUT2D eigenvalue weighted by Gasteiger charge is 2.69. The maximum absolute atomic E-state index is 11.2.